The van der Waals surface area contributed by atoms with E-state index in [9.17, 15) is 0 Å². The molecule has 0 aliphatic heterocycles. The minimum absolute atomic E-state index is 0.0559. The van der Waals surface area contributed by atoms with Crippen molar-refractivity contribution in [3.05, 3.63) is 0 Å². The van der Waals surface area contributed by atoms with E-state index in [-0.39, 0.29) is 5.60 Å². The van der Waals surface area contributed by atoms with Gasteiger partial charge in [0.1, 0.15) is 0 Å². The second kappa shape index (κ2) is 5.61. The topological polar surface area (TPSA) is 21.3 Å². The van der Waals surface area contributed by atoms with E-state index in [0.717, 1.165) is 13.1 Å². The molecule has 1 atom stereocenters. The first-order valence-corrected chi connectivity index (χ1v) is 5.27. The Morgan fingerprint density at radius 2 is 1.77 bits per heavy atom. The molecule has 1 unspecified atom stereocenters. The third kappa shape index (κ3) is 6.05. The van der Waals surface area contributed by atoms with Gasteiger partial charge < -0.3 is 10.1 Å². The first-order chi connectivity index (χ1) is 5.89. The Morgan fingerprint density at radius 3 is 2.15 bits per heavy atom. The van der Waals surface area contributed by atoms with Crippen molar-refractivity contribution in [1.29, 1.82) is 0 Å². The van der Waals surface area contributed by atoms with Gasteiger partial charge in [-0.25, -0.2) is 0 Å². The Balaban J connectivity index is 3.86. The van der Waals surface area contributed by atoms with E-state index >= 15 is 0 Å². The van der Waals surface area contributed by atoms with Crippen LogP contribution in [0.2, 0.25) is 0 Å². The predicted octanol–water partition coefficient (Wildman–Crippen LogP) is 2.44. The molecule has 0 aromatic heterocycles. The van der Waals surface area contributed by atoms with Gasteiger partial charge in [-0.15, -0.1) is 0 Å². The van der Waals surface area contributed by atoms with Crippen molar-refractivity contribution in [3.8, 4) is 0 Å². The van der Waals surface area contributed by atoms with Gasteiger partial charge in [-0.05, 0) is 33.2 Å². The van der Waals surface area contributed by atoms with Crippen LogP contribution in [0.1, 0.15) is 41.5 Å². The van der Waals surface area contributed by atoms with E-state index in [2.05, 4.69) is 46.9 Å². The van der Waals surface area contributed by atoms with Crippen molar-refractivity contribution in [2.45, 2.75) is 53.2 Å². The summed E-state index contributed by atoms with van der Waals surface area (Å²) in [6, 6.07) is 0. The molecule has 0 aliphatic carbocycles. The summed E-state index contributed by atoms with van der Waals surface area (Å²) in [7, 11) is 0. The number of ether oxygens (including phenoxy) is 1. The Hall–Kier alpha value is -0.0800. The Labute approximate surface area is 83.1 Å². The van der Waals surface area contributed by atoms with Crippen molar-refractivity contribution in [2.75, 3.05) is 13.1 Å². The Bertz CT molecular complexity index is 132. The number of hydrogen-bond donors (Lipinski definition) is 1. The second-order valence-electron chi connectivity index (χ2n) is 4.61. The number of nitrogens with one attached hydrogen (secondary N) is 1. The molecule has 0 heterocycles. The lowest BCUT2D eigenvalue weighted by molar-refractivity contribution is -0.0792. The fourth-order valence-corrected chi connectivity index (χ4v) is 1.11. The lowest BCUT2D eigenvalue weighted by Gasteiger charge is -2.31. The lowest BCUT2D eigenvalue weighted by Crippen LogP contribution is -2.41. The second-order valence-corrected chi connectivity index (χ2v) is 4.61. The zero-order chi connectivity index (χ0) is 10.5. The highest BCUT2D eigenvalue weighted by molar-refractivity contribution is 4.74. The van der Waals surface area contributed by atoms with E-state index in [1.807, 2.05) is 0 Å². The van der Waals surface area contributed by atoms with Gasteiger partial charge >= 0.3 is 0 Å². The maximum Gasteiger partial charge on any atom is 0.0754 e. The fraction of sp³-hybridized carbons (Fsp3) is 1.00. The molecule has 2 nitrogen and oxygen atoms in total. The van der Waals surface area contributed by atoms with E-state index in [4.69, 9.17) is 4.74 Å². The highest BCUT2D eigenvalue weighted by Crippen LogP contribution is 2.15. The summed E-state index contributed by atoms with van der Waals surface area (Å²) in [6.45, 7) is 14.8. The van der Waals surface area contributed by atoms with E-state index in [1.165, 1.54) is 0 Å². The molecule has 0 spiro atoms. The van der Waals surface area contributed by atoms with Gasteiger partial charge in [-0.2, -0.15) is 0 Å². The molecule has 0 saturated heterocycles. The van der Waals surface area contributed by atoms with Crippen molar-refractivity contribution in [2.24, 2.45) is 5.92 Å². The first kappa shape index (κ1) is 12.9. The van der Waals surface area contributed by atoms with Crippen LogP contribution >= 0.6 is 0 Å². The molecular weight excluding hydrogens is 162 g/mol. The highest BCUT2D eigenvalue weighted by Gasteiger charge is 2.22. The van der Waals surface area contributed by atoms with Crippen LogP contribution in [-0.4, -0.2) is 24.8 Å². The zero-order valence-corrected chi connectivity index (χ0v) is 9.98. The van der Waals surface area contributed by atoms with Crippen LogP contribution in [0.3, 0.4) is 0 Å². The van der Waals surface area contributed by atoms with Crippen LogP contribution in [-0.2, 0) is 4.74 Å². The molecular formula is C11H25NO. The minimum atomic E-state index is -0.0559. The van der Waals surface area contributed by atoms with Crippen LogP contribution in [0.25, 0.3) is 0 Å². The van der Waals surface area contributed by atoms with Gasteiger partial charge in [0.05, 0.1) is 11.7 Å². The lowest BCUT2D eigenvalue weighted by atomic mass is 10.1. The van der Waals surface area contributed by atoms with E-state index < -0.39 is 0 Å². The molecule has 0 aliphatic rings. The molecule has 1 N–H and O–H groups in total. The van der Waals surface area contributed by atoms with Crippen LogP contribution < -0.4 is 5.32 Å². The van der Waals surface area contributed by atoms with E-state index in [1.54, 1.807) is 0 Å². The first-order valence-electron chi connectivity index (χ1n) is 5.27. The number of likely N-dealkylation sites (N-methyl/N-ethyl adjacent to an activating group) is 1. The van der Waals surface area contributed by atoms with Gasteiger partial charge in [0.25, 0.3) is 0 Å². The average molecular weight is 187 g/mol. The molecule has 13 heavy (non-hydrogen) atoms. The number of hydrogen-bond acceptors (Lipinski definition) is 2. The third-order valence-corrected chi connectivity index (χ3v) is 2.24. The summed E-state index contributed by atoms with van der Waals surface area (Å²) in [5, 5.41) is 3.31. The molecule has 0 radical (unpaired) electrons. The van der Waals surface area contributed by atoms with Crippen LogP contribution in [0.4, 0.5) is 0 Å². The SMILES string of the molecule is CCNCC(C)(C)OC(C)C(C)C. The monoisotopic (exact) mass is 187 g/mol. The molecule has 0 rings (SSSR count). The largest absolute Gasteiger partial charge is 0.371 e. The summed E-state index contributed by atoms with van der Waals surface area (Å²) in [6.07, 6.45) is 0.327. The Morgan fingerprint density at radius 1 is 1.23 bits per heavy atom. The third-order valence-electron chi connectivity index (χ3n) is 2.24. The molecule has 80 valence electrons. The summed E-state index contributed by atoms with van der Waals surface area (Å²) >= 11 is 0. The molecule has 0 saturated carbocycles. The quantitative estimate of drug-likeness (QED) is 0.689. The summed E-state index contributed by atoms with van der Waals surface area (Å²) in [4.78, 5) is 0. The fourth-order valence-electron chi connectivity index (χ4n) is 1.11. The molecule has 2 heteroatoms. The van der Waals surface area contributed by atoms with Gasteiger partial charge in [0, 0.05) is 6.54 Å². The smallest absolute Gasteiger partial charge is 0.0754 e. The van der Waals surface area contributed by atoms with Gasteiger partial charge in [-0.3, -0.25) is 0 Å². The van der Waals surface area contributed by atoms with Crippen LogP contribution in [0.15, 0.2) is 0 Å². The maximum atomic E-state index is 5.94. The maximum absolute atomic E-state index is 5.94. The van der Waals surface area contributed by atoms with Crippen molar-refractivity contribution in [1.82, 2.24) is 5.32 Å². The van der Waals surface area contributed by atoms with Crippen molar-refractivity contribution >= 4 is 0 Å². The van der Waals surface area contributed by atoms with Gasteiger partial charge in [0.15, 0.2) is 0 Å². The molecule has 0 aromatic rings. The predicted molar refractivity (Wildman–Crippen MR) is 58.0 cm³/mol. The van der Waals surface area contributed by atoms with Crippen molar-refractivity contribution < 1.29 is 4.74 Å². The normalized spacial score (nSPS) is 15.0. The van der Waals surface area contributed by atoms with Crippen LogP contribution in [0.5, 0.6) is 0 Å². The summed E-state index contributed by atoms with van der Waals surface area (Å²) < 4.78 is 5.94. The van der Waals surface area contributed by atoms with E-state index in [0.29, 0.717) is 12.0 Å². The number of rotatable bonds is 6. The molecule has 0 amide bonds. The van der Waals surface area contributed by atoms with Gasteiger partial charge in [-0.1, -0.05) is 20.8 Å². The Kier molecular flexibility index (Phi) is 5.57. The molecule has 0 aromatic carbocycles. The molecule has 0 bridgehead atoms. The van der Waals surface area contributed by atoms with Crippen LogP contribution in [0, 0.1) is 5.92 Å². The minimum Gasteiger partial charge on any atom is -0.371 e. The summed E-state index contributed by atoms with van der Waals surface area (Å²) in [5.74, 6) is 0.584. The molecule has 0 fully saturated rings. The highest BCUT2D eigenvalue weighted by atomic mass is 16.5. The van der Waals surface area contributed by atoms with Gasteiger partial charge in [0.2, 0.25) is 0 Å². The van der Waals surface area contributed by atoms with Crippen molar-refractivity contribution in [3.63, 3.8) is 0 Å². The standard InChI is InChI=1S/C11H25NO/c1-7-12-8-11(5,6)13-10(4)9(2)3/h9-10,12H,7-8H2,1-6H3. The zero-order valence-electron chi connectivity index (χ0n) is 9.98. The average Bonchev–Trinajstić information content (AvgIpc) is 2.00. The summed E-state index contributed by atoms with van der Waals surface area (Å²) in [5.41, 5.74) is -0.0559.